The van der Waals surface area contributed by atoms with Gasteiger partial charge in [0.1, 0.15) is 0 Å². The fraction of sp³-hybridized carbons (Fsp3) is 0.913. The molecule has 0 bridgehead atoms. The second-order valence-electron chi connectivity index (χ2n) is 7.49. The van der Waals surface area contributed by atoms with Crippen molar-refractivity contribution in [1.29, 1.82) is 0 Å². The van der Waals surface area contributed by atoms with Crippen molar-refractivity contribution in [2.45, 2.75) is 136 Å². The average Bonchev–Trinajstić information content (AvgIpc) is 2.58. The summed E-state index contributed by atoms with van der Waals surface area (Å²) in [5.74, 6) is 1.03. The van der Waals surface area contributed by atoms with E-state index in [-0.39, 0.29) is 0 Å². The Kier molecular flexibility index (Phi) is 18.5. The van der Waals surface area contributed by atoms with E-state index in [2.05, 4.69) is 27.4 Å². The summed E-state index contributed by atoms with van der Waals surface area (Å²) in [6, 6.07) is 0. The highest BCUT2D eigenvalue weighted by atomic mass is 16.5. The van der Waals surface area contributed by atoms with E-state index in [9.17, 15) is 0 Å². The molecular formula is C23H46O. The molecule has 0 aliphatic carbocycles. The highest BCUT2D eigenvalue weighted by molar-refractivity contribution is 4.83. The monoisotopic (exact) mass is 338 g/mol. The number of ether oxygens (including phenoxy) is 1. The van der Waals surface area contributed by atoms with Gasteiger partial charge in [-0.25, -0.2) is 0 Å². The molecule has 0 heterocycles. The Morgan fingerprint density at radius 2 is 1.04 bits per heavy atom. The summed E-state index contributed by atoms with van der Waals surface area (Å²) in [5.41, 5.74) is 0. The van der Waals surface area contributed by atoms with Crippen LogP contribution in [-0.2, 0) is 4.74 Å². The number of hydrogen-bond donors (Lipinski definition) is 0. The molecule has 0 aliphatic rings. The minimum Gasteiger partial charge on any atom is -0.495 e. The van der Waals surface area contributed by atoms with Crippen molar-refractivity contribution in [3.05, 3.63) is 12.3 Å². The maximum absolute atomic E-state index is 6.21. The molecule has 0 spiro atoms. The lowest BCUT2D eigenvalue weighted by Crippen LogP contribution is -2.13. The predicted molar refractivity (Wildman–Crippen MR) is 110 cm³/mol. The highest BCUT2D eigenvalue weighted by Gasteiger charge is 2.11. The Morgan fingerprint density at radius 3 is 1.50 bits per heavy atom. The quantitative estimate of drug-likeness (QED) is 0.169. The maximum Gasteiger partial charge on any atom is 0.0982 e. The van der Waals surface area contributed by atoms with Gasteiger partial charge in [-0.2, -0.15) is 0 Å². The summed E-state index contributed by atoms with van der Waals surface area (Å²) in [4.78, 5) is 0. The molecule has 0 rings (SSSR count). The molecule has 0 aromatic carbocycles. The number of rotatable bonds is 19. The van der Waals surface area contributed by atoms with Crippen molar-refractivity contribution >= 4 is 0 Å². The van der Waals surface area contributed by atoms with Crippen LogP contribution in [0.15, 0.2) is 12.3 Å². The maximum atomic E-state index is 6.21. The Hall–Kier alpha value is -0.460. The van der Waals surface area contributed by atoms with Crippen LogP contribution in [0, 0.1) is 0 Å². The SMILES string of the molecule is C=C(CCCC)OC(CCCCCCCC)CCCCCCCC. The van der Waals surface area contributed by atoms with Gasteiger partial charge in [0.15, 0.2) is 0 Å². The zero-order chi connectivity index (χ0) is 17.9. The van der Waals surface area contributed by atoms with Crippen LogP contribution in [-0.4, -0.2) is 6.10 Å². The number of unbranched alkanes of at least 4 members (excludes halogenated alkanes) is 11. The Balaban J connectivity index is 3.93. The Bertz CT molecular complexity index is 243. The van der Waals surface area contributed by atoms with Crippen LogP contribution >= 0.6 is 0 Å². The number of hydrogen-bond acceptors (Lipinski definition) is 1. The largest absolute Gasteiger partial charge is 0.495 e. The minimum atomic E-state index is 0.423. The lowest BCUT2D eigenvalue weighted by Gasteiger charge is -2.21. The summed E-state index contributed by atoms with van der Waals surface area (Å²) in [6.45, 7) is 10.9. The first kappa shape index (κ1) is 23.5. The average molecular weight is 339 g/mol. The first-order valence-corrected chi connectivity index (χ1v) is 11.1. The first-order chi connectivity index (χ1) is 11.7. The molecule has 0 aromatic heterocycles. The third kappa shape index (κ3) is 16.4. The van der Waals surface area contributed by atoms with Crippen LogP contribution in [0.4, 0.5) is 0 Å². The van der Waals surface area contributed by atoms with Gasteiger partial charge in [-0.15, -0.1) is 0 Å². The molecule has 0 fully saturated rings. The van der Waals surface area contributed by atoms with Crippen molar-refractivity contribution in [3.63, 3.8) is 0 Å². The number of allylic oxidation sites excluding steroid dienone is 1. The fourth-order valence-corrected chi connectivity index (χ4v) is 3.24. The van der Waals surface area contributed by atoms with Gasteiger partial charge >= 0.3 is 0 Å². The van der Waals surface area contributed by atoms with Gasteiger partial charge in [0.05, 0.1) is 11.9 Å². The zero-order valence-electron chi connectivity index (χ0n) is 17.2. The van der Waals surface area contributed by atoms with E-state index in [1.165, 1.54) is 103 Å². The van der Waals surface area contributed by atoms with E-state index in [0.717, 1.165) is 12.2 Å². The van der Waals surface area contributed by atoms with Gasteiger partial charge in [-0.05, 0) is 32.1 Å². The van der Waals surface area contributed by atoms with E-state index in [4.69, 9.17) is 4.74 Å². The lowest BCUT2D eigenvalue weighted by molar-refractivity contribution is 0.0896. The van der Waals surface area contributed by atoms with Gasteiger partial charge in [0.2, 0.25) is 0 Å². The van der Waals surface area contributed by atoms with Crippen LogP contribution in [0.2, 0.25) is 0 Å². The third-order valence-corrected chi connectivity index (χ3v) is 4.90. The second kappa shape index (κ2) is 18.9. The van der Waals surface area contributed by atoms with E-state index in [1.54, 1.807) is 0 Å². The standard InChI is InChI=1S/C23H46O/c1-5-8-11-13-15-17-20-23(24-22(4)19-10-7-3)21-18-16-14-12-9-6-2/h23H,4-21H2,1-3H3. The predicted octanol–water partition coefficient (Wildman–Crippen LogP) is 8.58. The molecular weight excluding hydrogens is 292 g/mol. The van der Waals surface area contributed by atoms with Crippen molar-refractivity contribution in [3.8, 4) is 0 Å². The van der Waals surface area contributed by atoms with Crippen LogP contribution in [0.1, 0.15) is 130 Å². The topological polar surface area (TPSA) is 9.23 Å². The molecule has 0 amide bonds. The smallest absolute Gasteiger partial charge is 0.0982 e. The molecule has 0 saturated heterocycles. The Morgan fingerprint density at radius 1 is 0.625 bits per heavy atom. The van der Waals surface area contributed by atoms with E-state index >= 15 is 0 Å². The zero-order valence-corrected chi connectivity index (χ0v) is 17.2. The highest BCUT2D eigenvalue weighted by Crippen LogP contribution is 2.20. The van der Waals surface area contributed by atoms with Gasteiger partial charge in [-0.3, -0.25) is 0 Å². The summed E-state index contributed by atoms with van der Waals surface area (Å²) in [7, 11) is 0. The Labute approximate surface area is 153 Å². The summed E-state index contributed by atoms with van der Waals surface area (Å²) < 4.78 is 6.21. The third-order valence-electron chi connectivity index (χ3n) is 4.90. The molecule has 1 heteroatoms. The molecule has 144 valence electrons. The van der Waals surface area contributed by atoms with Crippen molar-refractivity contribution in [2.24, 2.45) is 0 Å². The normalized spacial score (nSPS) is 11.2. The van der Waals surface area contributed by atoms with Crippen LogP contribution < -0.4 is 0 Å². The van der Waals surface area contributed by atoms with Crippen molar-refractivity contribution in [2.75, 3.05) is 0 Å². The van der Waals surface area contributed by atoms with Crippen LogP contribution in [0.5, 0.6) is 0 Å². The van der Waals surface area contributed by atoms with Gasteiger partial charge in [0, 0.05) is 6.42 Å². The van der Waals surface area contributed by atoms with Crippen LogP contribution in [0.25, 0.3) is 0 Å². The lowest BCUT2D eigenvalue weighted by atomic mass is 10.0. The summed E-state index contributed by atoms with van der Waals surface area (Å²) >= 11 is 0. The molecule has 0 saturated carbocycles. The summed E-state index contributed by atoms with van der Waals surface area (Å²) in [5, 5.41) is 0. The summed E-state index contributed by atoms with van der Waals surface area (Å²) in [6.07, 6.45) is 22.8. The fourth-order valence-electron chi connectivity index (χ4n) is 3.24. The first-order valence-electron chi connectivity index (χ1n) is 11.1. The van der Waals surface area contributed by atoms with E-state index in [1.807, 2.05) is 0 Å². The van der Waals surface area contributed by atoms with Crippen LogP contribution in [0.3, 0.4) is 0 Å². The van der Waals surface area contributed by atoms with Gasteiger partial charge in [-0.1, -0.05) is 98.0 Å². The molecule has 0 aliphatic heterocycles. The van der Waals surface area contributed by atoms with Gasteiger partial charge < -0.3 is 4.74 Å². The van der Waals surface area contributed by atoms with E-state index in [0.29, 0.717) is 6.10 Å². The molecule has 0 atom stereocenters. The van der Waals surface area contributed by atoms with E-state index < -0.39 is 0 Å². The second-order valence-corrected chi connectivity index (χ2v) is 7.49. The molecule has 0 radical (unpaired) electrons. The molecule has 1 nitrogen and oxygen atoms in total. The molecule has 0 unspecified atom stereocenters. The van der Waals surface area contributed by atoms with Crippen molar-refractivity contribution < 1.29 is 4.74 Å². The molecule has 0 aromatic rings. The van der Waals surface area contributed by atoms with Crippen molar-refractivity contribution in [1.82, 2.24) is 0 Å². The minimum absolute atomic E-state index is 0.423. The molecule has 0 N–H and O–H groups in total. The molecule has 24 heavy (non-hydrogen) atoms. The van der Waals surface area contributed by atoms with Gasteiger partial charge in [0.25, 0.3) is 0 Å².